The molecule has 0 fully saturated rings. The summed E-state index contributed by atoms with van der Waals surface area (Å²) in [5.74, 6) is 0.0747. The van der Waals surface area contributed by atoms with Crippen molar-refractivity contribution in [2.24, 2.45) is 0 Å². The summed E-state index contributed by atoms with van der Waals surface area (Å²) in [6, 6.07) is 8.04. The molecule has 0 unspecified atom stereocenters. The quantitative estimate of drug-likeness (QED) is 0.812. The fraction of sp³-hybridized carbons (Fsp3) is 0.267. The number of amides is 1. The fourth-order valence-corrected chi connectivity index (χ4v) is 3.42. The zero-order valence-electron chi connectivity index (χ0n) is 11.2. The topological polar surface area (TPSA) is 20.3 Å². The second kappa shape index (κ2) is 5.88. The Morgan fingerprint density at radius 3 is 2.68 bits per heavy atom. The minimum atomic E-state index is 0.0747. The third-order valence-electron chi connectivity index (χ3n) is 2.98. The van der Waals surface area contributed by atoms with Crippen LogP contribution in [0.5, 0.6) is 0 Å². The Morgan fingerprint density at radius 2 is 2.05 bits per heavy atom. The fourth-order valence-electron chi connectivity index (χ4n) is 1.91. The Kier molecular flexibility index (Phi) is 4.42. The lowest BCUT2D eigenvalue weighted by molar-refractivity contribution is 0.0785. The van der Waals surface area contributed by atoms with E-state index >= 15 is 0 Å². The molecule has 0 aliphatic rings. The molecule has 1 heterocycles. The Morgan fingerprint density at radius 1 is 1.32 bits per heavy atom. The lowest BCUT2D eigenvalue weighted by Crippen LogP contribution is -2.26. The summed E-state index contributed by atoms with van der Waals surface area (Å²) in [5.41, 5.74) is 2.93. The minimum absolute atomic E-state index is 0.0747. The Labute approximate surface area is 126 Å². The normalized spacial score (nSPS) is 10.5. The molecule has 0 spiro atoms. The highest BCUT2D eigenvalue weighted by molar-refractivity contribution is 9.10. The first kappa shape index (κ1) is 14.3. The number of benzene rings is 1. The van der Waals surface area contributed by atoms with Gasteiger partial charge in [-0.1, -0.05) is 17.7 Å². The summed E-state index contributed by atoms with van der Waals surface area (Å²) < 4.78 is 1.07. The minimum Gasteiger partial charge on any atom is -0.337 e. The van der Waals surface area contributed by atoms with E-state index in [4.69, 9.17) is 0 Å². The van der Waals surface area contributed by atoms with Crippen molar-refractivity contribution in [3.63, 3.8) is 0 Å². The summed E-state index contributed by atoms with van der Waals surface area (Å²) in [6.45, 7) is 4.62. The first-order valence-electron chi connectivity index (χ1n) is 6.03. The van der Waals surface area contributed by atoms with Crippen molar-refractivity contribution in [2.75, 3.05) is 7.05 Å². The molecule has 1 amide bonds. The third kappa shape index (κ3) is 3.45. The first-order valence-corrected chi connectivity index (χ1v) is 7.70. The molecule has 0 atom stereocenters. The van der Waals surface area contributed by atoms with Gasteiger partial charge in [0.05, 0.1) is 6.54 Å². The van der Waals surface area contributed by atoms with Crippen LogP contribution in [0.1, 0.15) is 26.4 Å². The van der Waals surface area contributed by atoms with Crippen LogP contribution in [-0.4, -0.2) is 17.9 Å². The highest BCUT2D eigenvalue weighted by Crippen LogP contribution is 2.22. The number of halogens is 1. The van der Waals surface area contributed by atoms with Gasteiger partial charge in [0, 0.05) is 27.3 Å². The first-order chi connectivity index (χ1) is 8.97. The van der Waals surface area contributed by atoms with E-state index in [0.29, 0.717) is 6.54 Å². The smallest absolute Gasteiger partial charge is 0.254 e. The molecular formula is C15H16BrNOS. The van der Waals surface area contributed by atoms with Crippen molar-refractivity contribution < 1.29 is 4.79 Å². The van der Waals surface area contributed by atoms with Crippen LogP contribution in [0.25, 0.3) is 0 Å². The summed E-state index contributed by atoms with van der Waals surface area (Å²) in [6.07, 6.45) is 0. The second-order valence-electron chi connectivity index (χ2n) is 4.71. The molecule has 19 heavy (non-hydrogen) atoms. The van der Waals surface area contributed by atoms with Crippen LogP contribution >= 0.6 is 27.3 Å². The van der Waals surface area contributed by atoms with Gasteiger partial charge in [-0.05, 0) is 47.5 Å². The van der Waals surface area contributed by atoms with Gasteiger partial charge in [0.1, 0.15) is 0 Å². The number of carbonyl (C=O) groups excluding carboxylic acids is 1. The average molecular weight is 338 g/mol. The number of hydrogen-bond acceptors (Lipinski definition) is 2. The molecule has 0 saturated carbocycles. The lowest BCUT2D eigenvalue weighted by Gasteiger charge is -2.18. The van der Waals surface area contributed by atoms with Crippen LogP contribution < -0.4 is 0 Å². The molecule has 100 valence electrons. The van der Waals surface area contributed by atoms with Gasteiger partial charge in [-0.15, -0.1) is 11.3 Å². The van der Waals surface area contributed by atoms with Gasteiger partial charge in [-0.2, -0.15) is 0 Å². The molecule has 2 aromatic rings. The van der Waals surface area contributed by atoms with E-state index in [1.807, 2.05) is 44.5 Å². The van der Waals surface area contributed by atoms with E-state index in [-0.39, 0.29) is 5.91 Å². The molecule has 2 rings (SSSR count). The predicted octanol–water partition coefficient (Wildman–Crippen LogP) is 4.40. The maximum atomic E-state index is 12.4. The molecule has 2 nitrogen and oxygen atoms in total. The number of hydrogen-bond donors (Lipinski definition) is 0. The van der Waals surface area contributed by atoms with Crippen LogP contribution in [-0.2, 0) is 6.54 Å². The average Bonchev–Trinajstić information content (AvgIpc) is 2.77. The summed E-state index contributed by atoms with van der Waals surface area (Å²) in [7, 11) is 1.84. The highest BCUT2D eigenvalue weighted by atomic mass is 79.9. The summed E-state index contributed by atoms with van der Waals surface area (Å²) in [4.78, 5) is 15.4. The number of nitrogens with zero attached hydrogens (tertiary/aromatic N) is 1. The van der Waals surface area contributed by atoms with E-state index in [2.05, 4.69) is 22.0 Å². The maximum Gasteiger partial charge on any atom is 0.254 e. The van der Waals surface area contributed by atoms with Gasteiger partial charge < -0.3 is 4.90 Å². The number of thiophene rings is 1. The Balaban J connectivity index is 2.16. The third-order valence-corrected chi connectivity index (χ3v) is 4.67. The van der Waals surface area contributed by atoms with Crippen molar-refractivity contribution in [1.82, 2.24) is 4.90 Å². The monoisotopic (exact) mass is 337 g/mol. The van der Waals surface area contributed by atoms with Gasteiger partial charge in [-0.3, -0.25) is 4.79 Å². The largest absolute Gasteiger partial charge is 0.337 e. The van der Waals surface area contributed by atoms with Gasteiger partial charge in [0.25, 0.3) is 5.91 Å². The van der Waals surface area contributed by atoms with E-state index in [1.54, 1.807) is 16.2 Å². The maximum absolute atomic E-state index is 12.4. The Hall–Kier alpha value is -1.13. The van der Waals surface area contributed by atoms with Crippen LogP contribution in [0, 0.1) is 13.8 Å². The molecule has 0 saturated heterocycles. The molecule has 0 radical (unpaired) electrons. The zero-order valence-corrected chi connectivity index (χ0v) is 13.6. The van der Waals surface area contributed by atoms with E-state index in [9.17, 15) is 4.79 Å². The lowest BCUT2D eigenvalue weighted by atomic mass is 10.0. The van der Waals surface area contributed by atoms with Crippen molar-refractivity contribution in [3.8, 4) is 0 Å². The van der Waals surface area contributed by atoms with Gasteiger partial charge in [0.15, 0.2) is 0 Å². The van der Waals surface area contributed by atoms with Crippen LogP contribution in [0.2, 0.25) is 0 Å². The van der Waals surface area contributed by atoms with Gasteiger partial charge in [0.2, 0.25) is 0 Å². The number of rotatable bonds is 3. The molecule has 0 aliphatic heterocycles. The molecule has 0 aliphatic carbocycles. The van der Waals surface area contributed by atoms with Crippen LogP contribution in [0.3, 0.4) is 0 Å². The Bertz CT molecular complexity index is 606. The second-order valence-corrected chi connectivity index (χ2v) is 6.62. The van der Waals surface area contributed by atoms with Crippen molar-refractivity contribution in [1.29, 1.82) is 0 Å². The van der Waals surface area contributed by atoms with Gasteiger partial charge >= 0.3 is 0 Å². The van der Waals surface area contributed by atoms with E-state index in [0.717, 1.165) is 21.2 Å². The molecular weight excluding hydrogens is 322 g/mol. The standard InChI is InChI=1S/C15H16BrNOS/c1-10-4-5-11(2)14(6-10)15(18)17(3)8-13-7-12(16)9-19-13/h4-7,9H,8H2,1-3H3. The van der Waals surface area contributed by atoms with E-state index in [1.165, 1.54) is 4.88 Å². The summed E-state index contributed by atoms with van der Waals surface area (Å²) >= 11 is 5.09. The van der Waals surface area contributed by atoms with Crippen molar-refractivity contribution in [3.05, 3.63) is 55.7 Å². The molecule has 1 aromatic carbocycles. The highest BCUT2D eigenvalue weighted by Gasteiger charge is 2.15. The zero-order chi connectivity index (χ0) is 14.0. The molecule has 1 aromatic heterocycles. The molecule has 4 heteroatoms. The predicted molar refractivity (Wildman–Crippen MR) is 83.7 cm³/mol. The van der Waals surface area contributed by atoms with Crippen molar-refractivity contribution in [2.45, 2.75) is 20.4 Å². The van der Waals surface area contributed by atoms with Gasteiger partial charge in [-0.25, -0.2) is 0 Å². The molecule has 0 bridgehead atoms. The van der Waals surface area contributed by atoms with Crippen LogP contribution in [0.15, 0.2) is 34.1 Å². The number of aryl methyl sites for hydroxylation is 2. The SMILES string of the molecule is Cc1ccc(C)c(C(=O)N(C)Cc2cc(Br)cs2)c1. The van der Waals surface area contributed by atoms with Crippen molar-refractivity contribution >= 4 is 33.2 Å². The molecule has 0 N–H and O–H groups in total. The summed E-state index contributed by atoms with van der Waals surface area (Å²) in [5, 5.41) is 2.03. The number of carbonyl (C=O) groups is 1. The van der Waals surface area contributed by atoms with E-state index < -0.39 is 0 Å². The van der Waals surface area contributed by atoms with Crippen LogP contribution in [0.4, 0.5) is 0 Å².